The molecule has 1 N–H and O–H groups in total. The maximum atomic E-state index is 11.5. The second-order valence-electron chi connectivity index (χ2n) is 4.39. The number of carbonyl (C=O) groups is 1. The van der Waals surface area contributed by atoms with Gasteiger partial charge in [-0.1, -0.05) is 41.0 Å². The molecule has 2 rings (SSSR count). The van der Waals surface area contributed by atoms with Gasteiger partial charge in [-0.05, 0) is 30.3 Å². The van der Waals surface area contributed by atoms with Crippen molar-refractivity contribution in [3.8, 4) is 0 Å². The molecule has 0 fully saturated rings. The molecule has 0 unspecified atom stereocenters. The van der Waals surface area contributed by atoms with E-state index in [2.05, 4.69) is 0 Å². The van der Waals surface area contributed by atoms with Crippen LogP contribution in [0.4, 0.5) is 0 Å². The van der Waals surface area contributed by atoms with Crippen LogP contribution >= 0.6 is 35.0 Å². The van der Waals surface area contributed by atoms with Crippen molar-refractivity contribution < 1.29 is 18.3 Å². The van der Waals surface area contributed by atoms with Crippen LogP contribution in [0.15, 0.2) is 51.1 Å². The lowest BCUT2D eigenvalue weighted by atomic mass is 10.2. The minimum Gasteiger partial charge on any atom is -0.478 e. The number of hydrogen-bond donors (Lipinski definition) is 1. The van der Waals surface area contributed by atoms with Gasteiger partial charge < -0.3 is 5.11 Å². The van der Waals surface area contributed by atoms with Crippen LogP contribution in [0.5, 0.6) is 0 Å². The molecule has 0 saturated carbocycles. The first-order valence-electron chi connectivity index (χ1n) is 5.89. The molecule has 0 atom stereocenters. The topological polar surface area (TPSA) is 71.4 Å². The van der Waals surface area contributed by atoms with Crippen LogP contribution in [0, 0.1) is 0 Å². The van der Waals surface area contributed by atoms with Crippen LogP contribution in [0.1, 0.15) is 10.4 Å². The molecule has 0 aliphatic carbocycles. The van der Waals surface area contributed by atoms with Crippen molar-refractivity contribution in [1.82, 2.24) is 0 Å². The zero-order chi connectivity index (χ0) is 16.5. The molecule has 0 heterocycles. The van der Waals surface area contributed by atoms with Crippen LogP contribution in [-0.2, 0) is 9.84 Å². The number of aromatic carboxylic acids is 1. The summed E-state index contributed by atoms with van der Waals surface area (Å²) in [5, 5.41) is 10.1. The van der Waals surface area contributed by atoms with Crippen LogP contribution in [0.25, 0.3) is 0 Å². The molecule has 2 aromatic rings. The Bertz CT molecular complexity index is 828. The van der Waals surface area contributed by atoms with Crippen LogP contribution in [0.2, 0.25) is 10.0 Å². The number of carboxylic acid groups (broad SMARTS) is 1. The molecule has 0 radical (unpaired) electrons. The summed E-state index contributed by atoms with van der Waals surface area (Å²) in [5.74, 6) is -1.23. The van der Waals surface area contributed by atoms with Gasteiger partial charge in [-0.15, -0.1) is 0 Å². The van der Waals surface area contributed by atoms with Gasteiger partial charge in [0.15, 0.2) is 9.84 Å². The van der Waals surface area contributed by atoms with Gasteiger partial charge in [0.2, 0.25) is 0 Å². The smallest absolute Gasteiger partial charge is 0.336 e. The molecule has 0 bridgehead atoms. The summed E-state index contributed by atoms with van der Waals surface area (Å²) < 4.78 is 23.1. The molecule has 0 aliphatic heterocycles. The molecule has 0 spiro atoms. The van der Waals surface area contributed by atoms with Gasteiger partial charge in [-0.3, -0.25) is 0 Å². The molecule has 0 aromatic heterocycles. The first kappa shape index (κ1) is 17.1. The minimum absolute atomic E-state index is 0.0560. The van der Waals surface area contributed by atoms with Gasteiger partial charge in [0.1, 0.15) is 0 Å². The summed E-state index contributed by atoms with van der Waals surface area (Å²) in [7, 11) is -3.49. The van der Waals surface area contributed by atoms with Crippen molar-refractivity contribution in [2.75, 3.05) is 6.26 Å². The summed E-state index contributed by atoms with van der Waals surface area (Å²) >= 11 is 13.2. The second kappa shape index (κ2) is 6.50. The summed E-state index contributed by atoms with van der Waals surface area (Å²) in [6.07, 6.45) is 1.02. The lowest BCUT2D eigenvalue weighted by molar-refractivity contribution is 0.0693. The Labute approximate surface area is 142 Å². The van der Waals surface area contributed by atoms with E-state index < -0.39 is 15.8 Å². The fraction of sp³-hybridized carbons (Fsp3) is 0.0714. The zero-order valence-electron chi connectivity index (χ0n) is 11.2. The lowest BCUT2D eigenvalue weighted by Gasteiger charge is -2.10. The minimum atomic E-state index is -3.49. The molecular formula is C14H10Cl2O4S2. The van der Waals surface area contributed by atoms with Crippen molar-refractivity contribution >= 4 is 50.8 Å². The Kier molecular flexibility index (Phi) is 5.07. The van der Waals surface area contributed by atoms with E-state index in [0.717, 1.165) is 24.1 Å². The van der Waals surface area contributed by atoms with Crippen LogP contribution in [0.3, 0.4) is 0 Å². The van der Waals surface area contributed by atoms with Crippen LogP contribution in [-0.4, -0.2) is 25.7 Å². The summed E-state index contributed by atoms with van der Waals surface area (Å²) in [4.78, 5) is 12.2. The molecular weight excluding hydrogens is 367 g/mol. The maximum absolute atomic E-state index is 11.5. The average Bonchev–Trinajstić information content (AvgIpc) is 2.42. The summed E-state index contributed by atoms with van der Waals surface area (Å²) in [5.41, 5.74) is -0.121. The number of halogens is 2. The number of benzene rings is 2. The van der Waals surface area contributed by atoms with E-state index in [-0.39, 0.29) is 10.5 Å². The molecule has 0 aliphatic rings. The number of rotatable bonds is 4. The Morgan fingerprint density at radius 3 is 2.23 bits per heavy atom. The normalized spacial score (nSPS) is 11.4. The monoisotopic (exact) mass is 376 g/mol. The van der Waals surface area contributed by atoms with E-state index in [9.17, 15) is 18.3 Å². The van der Waals surface area contributed by atoms with Gasteiger partial charge in [-0.25, -0.2) is 13.2 Å². The van der Waals surface area contributed by atoms with Gasteiger partial charge in [0.25, 0.3) is 0 Å². The highest BCUT2D eigenvalue weighted by atomic mass is 35.5. The van der Waals surface area contributed by atoms with Crippen molar-refractivity contribution in [3.05, 3.63) is 52.0 Å². The van der Waals surface area contributed by atoms with E-state index in [1.54, 1.807) is 18.2 Å². The predicted molar refractivity (Wildman–Crippen MR) is 87.1 cm³/mol. The van der Waals surface area contributed by atoms with Gasteiger partial charge in [0.05, 0.1) is 20.5 Å². The molecule has 4 nitrogen and oxygen atoms in total. The SMILES string of the molecule is CS(=O)(=O)c1ccc(Sc2c(Cl)cccc2Cl)c(C(=O)O)c1. The standard InChI is InChI=1S/C14H10Cl2O4S2/c1-22(19,20)8-5-6-12(9(7-8)14(17)18)21-13-10(15)3-2-4-11(13)16/h2-7H,1H3,(H,17,18). The zero-order valence-corrected chi connectivity index (χ0v) is 14.4. The van der Waals surface area contributed by atoms with E-state index in [1.165, 1.54) is 12.1 Å². The van der Waals surface area contributed by atoms with Gasteiger partial charge >= 0.3 is 5.97 Å². The van der Waals surface area contributed by atoms with Gasteiger partial charge in [-0.2, -0.15) is 0 Å². The van der Waals surface area contributed by atoms with Crippen molar-refractivity contribution in [1.29, 1.82) is 0 Å². The molecule has 0 amide bonds. The summed E-state index contributed by atoms with van der Waals surface area (Å²) in [6, 6.07) is 8.88. The average molecular weight is 377 g/mol. The third-order valence-corrected chi connectivity index (χ3v) is 5.92. The Balaban J connectivity index is 2.54. The Hall–Kier alpha value is -1.21. The summed E-state index contributed by atoms with van der Waals surface area (Å²) in [6.45, 7) is 0. The van der Waals surface area contributed by atoms with Crippen molar-refractivity contribution in [2.24, 2.45) is 0 Å². The van der Waals surface area contributed by atoms with Crippen LogP contribution < -0.4 is 0 Å². The fourth-order valence-electron chi connectivity index (χ4n) is 1.69. The lowest BCUT2D eigenvalue weighted by Crippen LogP contribution is -2.03. The third-order valence-electron chi connectivity index (χ3n) is 2.74. The van der Waals surface area contributed by atoms with Crippen molar-refractivity contribution in [3.63, 3.8) is 0 Å². The maximum Gasteiger partial charge on any atom is 0.336 e. The van der Waals surface area contributed by atoms with E-state index >= 15 is 0 Å². The highest BCUT2D eigenvalue weighted by Crippen LogP contribution is 2.40. The van der Waals surface area contributed by atoms with E-state index in [0.29, 0.717) is 19.8 Å². The van der Waals surface area contributed by atoms with Gasteiger partial charge in [0, 0.05) is 16.0 Å². The number of carboxylic acids is 1. The predicted octanol–water partition coefficient (Wildman–Crippen LogP) is 4.25. The Morgan fingerprint density at radius 2 is 1.73 bits per heavy atom. The number of sulfone groups is 1. The first-order valence-corrected chi connectivity index (χ1v) is 9.36. The Morgan fingerprint density at radius 1 is 1.14 bits per heavy atom. The molecule has 0 saturated heterocycles. The highest BCUT2D eigenvalue weighted by Gasteiger charge is 2.18. The molecule has 22 heavy (non-hydrogen) atoms. The first-order chi connectivity index (χ1) is 10.2. The third kappa shape index (κ3) is 3.76. The molecule has 2 aromatic carbocycles. The molecule has 8 heteroatoms. The van der Waals surface area contributed by atoms with E-state index in [4.69, 9.17) is 23.2 Å². The highest BCUT2D eigenvalue weighted by molar-refractivity contribution is 7.99. The van der Waals surface area contributed by atoms with Crippen molar-refractivity contribution in [2.45, 2.75) is 14.7 Å². The van der Waals surface area contributed by atoms with E-state index in [1.807, 2.05) is 0 Å². The quantitative estimate of drug-likeness (QED) is 0.863. The molecule has 116 valence electrons. The fourth-order valence-corrected chi connectivity index (χ4v) is 3.91. The second-order valence-corrected chi connectivity index (χ2v) is 8.27. The largest absolute Gasteiger partial charge is 0.478 e. The number of hydrogen-bond acceptors (Lipinski definition) is 4.